The maximum atomic E-state index is 12.7. The van der Waals surface area contributed by atoms with Gasteiger partial charge < -0.3 is 20.3 Å². The van der Waals surface area contributed by atoms with Crippen LogP contribution in [0.1, 0.15) is 44.1 Å². The molecular weight excluding hydrogens is 505 g/mol. The number of aromatic nitrogens is 2. The molecule has 1 aromatic heterocycles. The van der Waals surface area contributed by atoms with Crippen molar-refractivity contribution in [3.63, 3.8) is 0 Å². The minimum absolute atomic E-state index is 0.138. The van der Waals surface area contributed by atoms with E-state index in [4.69, 9.17) is 5.26 Å². The number of nitrogens with one attached hydrogen (secondary N) is 2. The number of benzene rings is 2. The molecule has 2 aromatic carbocycles. The zero-order valence-electron chi connectivity index (χ0n) is 21.5. The molecule has 2 heterocycles. The summed E-state index contributed by atoms with van der Waals surface area (Å²) in [6.07, 6.45) is 3.32. The van der Waals surface area contributed by atoms with Crippen molar-refractivity contribution in [3.05, 3.63) is 66.4 Å². The van der Waals surface area contributed by atoms with Crippen molar-refractivity contribution in [1.82, 2.24) is 15.3 Å². The van der Waals surface area contributed by atoms with Crippen molar-refractivity contribution >= 4 is 11.6 Å². The molecule has 2 aliphatic rings. The summed E-state index contributed by atoms with van der Waals surface area (Å²) in [5.41, 5.74) is 2.83. The van der Waals surface area contributed by atoms with Crippen LogP contribution in [0.4, 0.5) is 24.8 Å². The predicted octanol–water partition coefficient (Wildman–Crippen LogP) is 5.90. The van der Waals surface area contributed by atoms with Crippen molar-refractivity contribution in [2.75, 3.05) is 23.3 Å². The lowest BCUT2D eigenvalue weighted by atomic mass is 9.89. The summed E-state index contributed by atoms with van der Waals surface area (Å²) in [6, 6.07) is 18.1. The number of hydrogen-bond acceptors (Lipinski definition) is 7. The van der Waals surface area contributed by atoms with Crippen LogP contribution in [0.3, 0.4) is 0 Å². The number of rotatable bonds is 7. The van der Waals surface area contributed by atoms with Gasteiger partial charge in [-0.05, 0) is 68.1 Å². The molecule has 3 unspecified atom stereocenters. The molecule has 3 atom stereocenters. The smallest absolute Gasteiger partial charge is 0.406 e. The van der Waals surface area contributed by atoms with Gasteiger partial charge in [-0.25, -0.2) is 9.97 Å². The van der Waals surface area contributed by atoms with Gasteiger partial charge >= 0.3 is 6.36 Å². The average Bonchev–Trinajstić information content (AvgIpc) is 2.94. The minimum atomic E-state index is -4.75. The van der Waals surface area contributed by atoms with Gasteiger partial charge in [-0.15, -0.1) is 13.2 Å². The van der Waals surface area contributed by atoms with Crippen molar-refractivity contribution in [3.8, 4) is 23.1 Å². The summed E-state index contributed by atoms with van der Waals surface area (Å²) in [5, 5.41) is 16.5. The molecule has 0 amide bonds. The van der Waals surface area contributed by atoms with Gasteiger partial charge in [0.2, 0.25) is 5.95 Å². The van der Waals surface area contributed by atoms with Gasteiger partial charge in [-0.2, -0.15) is 5.26 Å². The monoisotopic (exact) mass is 536 g/mol. The predicted molar refractivity (Wildman–Crippen MR) is 143 cm³/mol. The molecule has 1 aliphatic carbocycles. The summed E-state index contributed by atoms with van der Waals surface area (Å²) >= 11 is 0. The second-order valence-corrected chi connectivity index (χ2v) is 10.1. The normalized spacial score (nSPS) is 21.7. The fourth-order valence-corrected chi connectivity index (χ4v) is 5.51. The lowest BCUT2D eigenvalue weighted by Crippen LogP contribution is -2.55. The molecule has 3 aromatic rings. The molecule has 204 valence electrons. The van der Waals surface area contributed by atoms with Crippen LogP contribution in [0.2, 0.25) is 0 Å². The van der Waals surface area contributed by atoms with Gasteiger partial charge in [0.05, 0.1) is 17.3 Å². The first-order valence-electron chi connectivity index (χ1n) is 13.3. The Morgan fingerprint density at radius 1 is 0.974 bits per heavy atom. The molecule has 1 aliphatic heterocycles. The molecule has 2 N–H and O–H groups in total. The fourth-order valence-electron chi connectivity index (χ4n) is 5.51. The first-order chi connectivity index (χ1) is 18.9. The lowest BCUT2D eigenvalue weighted by molar-refractivity contribution is -0.274. The van der Waals surface area contributed by atoms with Gasteiger partial charge in [-0.1, -0.05) is 25.0 Å². The van der Waals surface area contributed by atoms with Gasteiger partial charge in [0.15, 0.2) is 0 Å². The van der Waals surface area contributed by atoms with E-state index in [1.807, 2.05) is 24.3 Å². The maximum Gasteiger partial charge on any atom is 0.573 e. The van der Waals surface area contributed by atoms with E-state index < -0.39 is 6.36 Å². The Labute approximate surface area is 226 Å². The van der Waals surface area contributed by atoms with E-state index in [1.54, 1.807) is 18.3 Å². The molecular formula is C29H31F3N6O. The number of nitriles is 1. The lowest BCUT2D eigenvalue weighted by Gasteiger charge is -2.40. The zero-order chi connectivity index (χ0) is 27.2. The molecule has 0 radical (unpaired) electrons. The number of nitrogens with zero attached hydrogens (tertiary/aromatic N) is 4. The van der Waals surface area contributed by atoms with Crippen molar-refractivity contribution in [2.45, 2.75) is 63.0 Å². The van der Waals surface area contributed by atoms with E-state index in [9.17, 15) is 13.2 Å². The third kappa shape index (κ3) is 7.18. The number of ether oxygens (including phenoxy) is 1. The highest BCUT2D eigenvalue weighted by Crippen LogP contribution is 2.29. The van der Waals surface area contributed by atoms with Crippen molar-refractivity contribution < 1.29 is 17.9 Å². The molecule has 7 nitrogen and oxygen atoms in total. The standard InChI is InChI=1S/C29H31F3N6O/c30-29(31,32)39-24-7-3-5-21(17-24)25-14-15-34-28(36-25)37-27-9-2-1-8-26(27)35-22-6-4-16-38(19-22)23-12-10-20(18-33)11-13-23/h3,5,7,10-15,17,22,26-27,35H,1-2,4,6,8-9,16,19H2,(H,34,36,37). The third-order valence-corrected chi connectivity index (χ3v) is 7.33. The largest absolute Gasteiger partial charge is 0.573 e. The molecule has 1 saturated heterocycles. The molecule has 2 fully saturated rings. The van der Waals surface area contributed by atoms with E-state index in [0.717, 1.165) is 57.3 Å². The van der Waals surface area contributed by atoms with E-state index in [0.29, 0.717) is 28.8 Å². The molecule has 0 spiro atoms. The van der Waals surface area contributed by atoms with Crippen LogP contribution in [-0.2, 0) is 0 Å². The van der Waals surface area contributed by atoms with E-state index in [2.05, 4.69) is 36.3 Å². The number of alkyl halides is 3. The summed E-state index contributed by atoms with van der Waals surface area (Å²) in [5.74, 6) is 0.170. The Bertz CT molecular complexity index is 1290. The Morgan fingerprint density at radius 2 is 1.77 bits per heavy atom. The second kappa shape index (κ2) is 11.9. The van der Waals surface area contributed by atoms with Crippen molar-refractivity contribution in [1.29, 1.82) is 5.26 Å². The Hall–Kier alpha value is -3.84. The first kappa shape index (κ1) is 26.8. The molecule has 39 heavy (non-hydrogen) atoms. The van der Waals surface area contributed by atoms with Crippen molar-refractivity contribution in [2.24, 2.45) is 0 Å². The van der Waals surface area contributed by atoms with Crippen LogP contribution in [0.25, 0.3) is 11.3 Å². The highest BCUT2D eigenvalue weighted by atomic mass is 19.4. The van der Waals surface area contributed by atoms with E-state index >= 15 is 0 Å². The fraction of sp³-hybridized carbons (Fsp3) is 0.414. The minimum Gasteiger partial charge on any atom is -0.406 e. The quantitative estimate of drug-likeness (QED) is 0.389. The van der Waals surface area contributed by atoms with Gasteiger partial charge in [-0.3, -0.25) is 0 Å². The summed E-state index contributed by atoms with van der Waals surface area (Å²) in [6.45, 7) is 1.89. The second-order valence-electron chi connectivity index (χ2n) is 10.1. The van der Waals surface area contributed by atoms with Crippen LogP contribution in [0.15, 0.2) is 60.8 Å². The number of halogens is 3. The summed E-state index contributed by atoms with van der Waals surface area (Å²) in [4.78, 5) is 11.4. The number of hydrogen-bond donors (Lipinski definition) is 2. The summed E-state index contributed by atoms with van der Waals surface area (Å²) < 4.78 is 42.1. The maximum absolute atomic E-state index is 12.7. The number of piperidine rings is 1. The van der Waals surface area contributed by atoms with Crippen LogP contribution in [0, 0.1) is 11.3 Å². The highest BCUT2D eigenvalue weighted by Gasteiger charge is 2.32. The molecule has 10 heteroatoms. The van der Waals surface area contributed by atoms with Crippen LogP contribution in [0.5, 0.6) is 5.75 Å². The Kier molecular flexibility index (Phi) is 8.17. The average molecular weight is 537 g/mol. The number of anilines is 2. The SMILES string of the molecule is N#Cc1ccc(N2CCCC(NC3CCCCC3Nc3nccc(-c4cccc(OC(F)(F)F)c4)n3)C2)cc1. The molecule has 1 saturated carbocycles. The van der Waals surface area contributed by atoms with Crippen LogP contribution < -0.4 is 20.3 Å². The van der Waals surface area contributed by atoms with E-state index in [-0.39, 0.29) is 17.8 Å². The van der Waals surface area contributed by atoms with Gasteiger partial charge in [0.25, 0.3) is 0 Å². The Morgan fingerprint density at radius 3 is 2.54 bits per heavy atom. The van der Waals surface area contributed by atoms with E-state index in [1.165, 1.54) is 18.2 Å². The van der Waals surface area contributed by atoms with Crippen LogP contribution in [-0.4, -0.2) is 47.5 Å². The van der Waals surface area contributed by atoms with Crippen LogP contribution >= 0.6 is 0 Å². The first-order valence-corrected chi connectivity index (χ1v) is 13.3. The summed E-state index contributed by atoms with van der Waals surface area (Å²) in [7, 11) is 0. The third-order valence-electron chi connectivity index (χ3n) is 7.33. The Balaban J connectivity index is 1.24. The zero-order valence-corrected chi connectivity index (χ0v) is 21.5. The molecule has 0 bridgehead atoms. The molecule has 5 rings (SSSR count). The van der Waals surface area contributed by atoms with Gasteiger partial charge in [0, 0.05) is 48.7 Å². The van der Waals surface area contributed by atoms with Gasteiger partial charge in [0.1, 0.15) is 5.75 Å². The topological polar surface area (TPSA) is 86.1 Å². The highest BCUT2D eigenvalue weighted by molar-refractivity contribution is 5.62.